The molecule has 3 aromatic rings. The summed E-state index contributed by atoms with van der Waals surface area (Å²) in [5.41, 5.74) is 4.73. The minimum atomic E-state index is -0.710. The molecular formula is C37H44FN5O4. The van der Waals surface area contributed by atoms with Crippen molar-refractivity contribution >= 4 is 23.6 Å². The van der Waals surface area contributed by atoms with E-state index in [0.717, 1.165) is 33.6 Å². The number of carbonyl (C=O) groups excluding carboxylic acids is 3. The number of rotatable bonds is 5. The van der Waals surface area contributed by atoms with Crippen LogP contribution < -0.4 is 4.90 Å². The van der Waals surface area contributed by atoms with Crippen molar-refractivity contribution in [2.45, 2.75) is 84.2 Å². The molecule has 0 aliphatic carbocycles. The molecule has 3 aliphatic rings. The van der Waals surface area contributed by atoms with Gasteiger partial charge in [-0.05, 0) is 62.6 Å². The minimum Gasteiger partial charge on any atom is -0.444 e. The Balaban J connectivity index is 1.25. The molecule has 1 fully saturated rings. The van der Waals surface area contributed by atoms with E-state index in [1.54, 1.807) is 17.0 Å². The highest BCUT2D eigenvalue weighted by Gasteiger charge is 2.44. The van der Waals surface area contributed by atoms with Crippen molar-refractivity contribution in [3.63, 3.8) is 0 Å². The van der Waals surface area contributed by atoms with Crippen LogP contribution in [0.5, 0.6) is 0 Å². The van der Waals surface area contributed by atoms with E-state index in [-0.39, 0.29) is 42.2 Å². The van der Waals surface area contributed by atoms with Gasteiger partial charge in [-0.2, -0.15) is 0 Å². The fourth-order valence-corrected chi connectivity index (χ4v) is 6.92. The van der Waals surface area contributed by atoms with Gasteiger partial charge >= 0.3 is 6.09 Å². The molecule has 1 aromatic heterocycles. The van der Waals surface area contributed by atoms with E-state index in [9.17, 15) is 18.8 Å². The van der Waals surface area contributed by atoms with Crippen molar-refractivity contribution in [2.24, 2.45) is 0 Å². The van der Waals surface area contributed by atoms with Crippen LogP contribution in [0.1, 0.15) is 69.5 Å². The van der Waals surface area contributed by atoms with Gasteiger partial charge in [0.2, 0.25) is 11.8 Å². The first kappa shape index (κ1) is 32.6. The Morgan fingerprint density at radius 1 is 1.00 bits per heavy atom. The highest BCUT2D eigenvalue weighted by atomic mass is 19.1. The molecule has 0 spiro atoms. The zero-order valence-corrected chi connectivity index (χ0v) is 28.1. The number of anilines is 1. The van der Waals surface area contributed by atoms with Crippen LogP contribution in [0.25, 0.3) is 0 Å². The van der Waals surface area contributed by atoms with Gasteiger partial charge in [-0.1, -0.05) is 50.2 Å². The van der Waals surface area contributed by atoms with Crippen LogP contribution in [-0.2, 0) is 39.3 Å². The average molecular weight is 642 g/mol. The Bertz CT molecular complexity index is 1660. The molecule has 9 nitrogen and oxygen atoms in total. The zero-order valence-electron chi connectivity index (χ0n) is 28.1. The number of ether oxygens (including phenoxy) is 1. The fraction of sp³-hybridized carbons (Fsp3) is 0.459. The molecule has 0 bridgehead atoms. The summed E-state index contributed by atoms with van der Waals surface area (Å²) < 4.78 is 19.2. The molecule has 47 heavy (non-hydrogen) atoms. The standard InChI is InChI=1S/C37H44FN5O4/c1-24-18-40(32(21-42(24)35(46)47-36(2,3)4)34(45)41-19-26-9-7-8-10-27(26)20-41)22-33(44)43-23-37(5,6)30-17-39-29(16-31(30)43)15-25-11-13-28(38)14-12-25/h7-14,16-17,24,32H,15,18-23H2,1-6H3/t24-,32+/m1/s1. The molecule has 0 radical (unpaired) electrons. The number of hydrogen-bond acceptors (Lipinski definition) is 6. The first-order chi connectivity index (χ1) is 22.2. The molecule has 248 valence electrons. The number of hydrogen-bond donors (Lipinski definition) is 0. The monoisotopic (exact) mass is 641 g/mol. The lowest BCUT2D eigenvalue weighted by Gasteiger charge is -2.45. The molecular weight excluding hydrogens is 597 g/mol. The predicted octanol–water partition coefficient (Wildman–Crippen LogP) is 5.29. The van der Waals surface area contributed by atoms with Crippen LogP contribution in [0.15, 0.2) is 60.8 Å². The summed E-state index contributed by atoms with van der Waals surface area (Å²) in [6, 6.07) is 15.3. The van der Waals surface area contributed by atoms with Gasteiger partial charge in [0, 0.05) is 68.1 Å². The first-order valence-electron chi connectivity index (χ1n) is 16.3. The summed E-state index contributed by atoms with van der Waals surface area (Å²) in [5, 5.41) is 0. The van der Waals surface area contributed by atoms with Crippen molar-refractivity contribution < 1.29 is 23.5 Å². The van der Waals surface area contributed by atoms with E-state index in [1.165, 1.54) is 12.1 Å². The third-order valence-corrected chi connectivity index (χ3v) is 9.36. The number of nitrogens with zero attached hydrogens (tertiary/aromatic N) is 5. The van der Waals surface area contributed by atoms with Gasteiger partial charge in [-0.25, -0.2) is 9.18 Å². The summed E-state index contributed by atoms with van der Waals surface area (Å²) in [4.78, 5) is 53.6. The number of benzene rings is 2. The van der Waals surface area contributed by atoms with E-state index < -0.39 is 17.7 Å². The Morgan fingerprint density at radius 2 is 1.66 bits per heavy atom. The van der Waals surface area contributed by atoms with Crippen LogP contribution in [0.2, 0.25) is 0 Å². The van der Waals surface area contributed by atoms with E-state index in [0.29, 0.717) is 32.6 Å². The van der Waals surface area contributed by atoms with Crippen LogP contribution in [0, 0.1) is 5.82 Å². The van der Waals surface area contributed by atoms with Crippen molar-refractivity contribution in [3.05, 3.63) is 94.6 Å². The van der Waals surface area contributed by atoms with E-state index in [4.69, 9.17) is 4.74 Å². The summed E-state index contributed by atoms with van der Waals surface area (Å²) in [6.07, 6.45) is 1.89. The lowest BCUT2D eigenvalue weighted by atomic mass is 9.88. The first-order valence-corrected chi connectivity index (χ1v) is 16.3. The number of carbonyl (C=O) groups is 3. The predicted molar refractivity (Wildman–Crippen MR) is 177 cm³/mol. The zero-order chi connectivity index (χ0) is 33.7. The number of fused-ring (bicyclic) bond motifs is 2. The SMILES string of the molecule is C[C@@H]1CN(CC(=O)N2CC(C)(C)c3cnc(Cc4ccc(F)cc4)cc32)[C@H](C(=O)N2Cc3ccccc3C2)CN1C(=O)OC(C)(C)C. The van der Waals surface area contributed by atoms with Crippen molar-refractivity contribution in [3.8, 4) is 0 Å². The Hall–Kier alpha value is -4.31. The summed E-state index contributed by atoms with van der Waals surface area (Å²) in [6.45, 7) is 13.6. The normalized spacial score (nSPS) is 20.6. The van der Waals surface area contributed by atoms with Gasteiger partial charge in [0.25, 0.3) is 0 Å². The third kappa shape index (κ3) is 6.88. The van der Waals surface area contributed by atoms with Crippen LogP contribution in [0.3, 0.4) is 0 Å². The van der Waals surface area contributed by atoms with Gasteiger partial charge in [0.05, 0.1) is 12.2 Å². The van der Waals surface area contributed by atoms with E-state index >= 15 is 0 Å². The molecule has 1 saturated heterocycles. The molecule has 6 rings (SSSR count). The minimum absolute atomic E-state index is 0.0227. The molecule has 3 amide bonds. The maximum absolute atomic E-state index is 14.2. The molecule has 0 unspecified atom stereocenters. The van der Waals surface area contributed by atoms with Crippen LogP contribution in [-0.4, -0.2) is 81.5 Å². The third-order valence-electron chi connectivity index (χ3n) is 9.36. The molecule has 2 aromatic carbocycles. The van der Waals surface area contributed by atoms with Crippen molar-refractivity contribution in [1.82, 2.24) is 19.7 Å². The second-order valence-electron chi connectivity index (χ2n) is 14.7. The van der Waals surface area contributed by atoms with Crippen LogP contribution >= 0.6 is 0 Å². The number of aromatic nitrogens is 1. The largest absolute Gasteiger partial charge is 0.444 e. The number of amides is 3. The van der Waals surface area contributed by atoms with Crippen LogP contribution in [0.4, 0.5) is 14.9 Å². The Labute approximate surface area is 276 Å². The maximum atomic E-state index is 14.2. The lowest BCUT2D eigenvalue weighted by molar-refractivity contribution is -0.141. The number of pyridine rings is 1. The molecule has 3 aliphatic heterocycles. The van der Waals surface area contributed by atoms with Gasteiger partial charge in [-0.3, -0.25) is 19.5 Å². The molecule has 4 heterocycles. The van der Waals surface area contributed by atoms with Gasteiger partial charge in [-0.15, -0.1) is 0 Å². The molecule has 0 saturated carbocycles. The highest BCUT2D eigenvalue weighted by molar-refractivity contribution is 5.98. The maximum Gasteiger partial charge on any atom is 0.410 e. The lowest BCUT2D eigenvalue weighted by Crippen LogP contribution is -2.64. The Morgan fingerprint density at radius 3 is 2.30 bits per heavy atom. The smallest absolute Gasteiger partial charge is 0.410 e. The average Bonchev–Trinajstić information content (AvgIpc) is 3.55. The summed E-state index contributed by atoms with van der Waals surface area (Å²) in [5.74, 6) is -0.514. The van der Waals surface area contributed by atoms with Gasteiger partial charge in [0.1, 0.15) is 17.5 Å². The van der Waals surface area contributed by atoms with Crippen molar-refractivity contribution in [2.75, 3.05) is 31.1 Å². The van der Waals surface area contributed by atoms with Gasteiger partial charge < -0.3 is 19.4 Å². The molecule has 2 atom stereocenters. The number of piperazine rings is 1. The molecule has 10 heteroatoms. The second-order valence-corrected chi connectivity index (χ2v) is 14.7. The number of halogens is 1. The van der Waals surface area contributed by atoms with E-state index in [1.807, 2.05) is 78.9 Å². The fourth-order valence-electron chi connectivity index (χ4n) is 6.92. The highest BCUT2D eigenvalue weighted by Crippen LogP contribution is 2.41. The second kappa shape index (κ2) is 12.4. The summed E-state index contributed by atoms with van der Waals surface area (Å²) >= 11 is 0. The van der Waals surface area contributed by atoms with E-state index in [2.05, 4.69) is 18.8 Å². The molecule has 0 N–H and O–H groups in total. The quantitative estimate of drug-likeness (QED) is 0.377. The van der Waals surface area contributed by atoms with Crippen molar-refractivity contribution in [1.29, 1.82) is 0 Å². The topological polar surface area (TPSA) is 86.3 Å². The van der Waals surface area contributed by atoms with Gasteiger partial charge in [0.15, 0.2) is 0 Å². The summed E-state index contributed by atoms with van der Waals surface area (Å²) in [7, 11) is 0. The Kier molecular flexibility index (Phi) is 8.59.